The summed E-state index contributed by atoms with van der Waals surface area (Å²) < 4.78 is 0. The van der Waals surface area contributed by atoms with Gasteiger partial charge < -0.3 is 0 Å². The summed E-state index contributed by atoms with van der Waals surface area (Å²) in [5, 5.41) is 10.3. The van der Waals surface area contributed by atoms with Crippen molar-refractivity contribution >= 4 is 43.1 Å². The summed E-state index contributed by atoms with van der Waals surface area (Å²) in [4.78, 5) is 0. The number of fused-ring (bicyclic) bond motifs is 8. The van der Waals surface area contributed by atoms with Gasteiger partial charge in [-0.25, -0.2) is 0 Å². The third kappa shape index (κ3) is 4.85. The molecule has 0 heterocycles. The minimum atomic E-state index is -0.0878. The van der Waals surface area contributed by atoms with Crippen LogP contribution >= 0.6 is 0 Å². The molecule has 0 saturated carbocycles. The molecule has 1 aliphatic carbocycles. The van der Waals surface area contributed by atoms with E-state index in [4.69, 9.17) is 0 Å². The van der Waals surface area contributed by atoms with E-state index in [9.17, 15) is 0 Å². The van der Waals surface area contributed by atoms with Crippen LogP contribution in [-0.4, -0.2) is 0 Å². The SMILES string of the molecule is CC1(C)c2cc(-c3ccc(-c4c5ccccc5c(-c5cccc(-c6cccc7ccccc67)c5)c5ccccc45)cc3)ccc2-c2ccc3ccccc3c21. The van der Waals surface area contributed by atoms with Crippen molar-refractivity contribution in [3.8, 4) is 55.6 Å². The molecule has 0 unspecified atom stereocenters. The van der Waals surface area contributed by atoms with Gasteiger partial charge in [-0.3, -0.25) is 0 Å². The van der Waals surface area contributed by atoms with E-state index in [1.165, 1.54) is 110 Å². The third-order valence-corrected chi connectivity index (χ3v) is 12.2. The molecule has 0 radical (unpaired) electrons. The summed E-state index contributed by atoms with van der Waals surface area (Å²) in [6.45, 7) is 4.77. The minimum Gasteiger partial charge on any atom is -0.0616 e. The van der Waals surface area contributed by atoms with Gasteiger partial charge in [0.25, 0.3) is 0 Å². The summed E-state index contributed by atoms with van der Waals surface area (Å²) in [5.41, 5.74) is 15.5. The standard InChI is InChI=1S/C55H38/c1-55(2)51-34-39(30-31-45(51)50-32-29-37-14-4-6-19-44(37)54(50)55)35-25-27-38(28-26-35)52-46-20-7-9-22-48(46)53(49-23-10-8-21-47(49)52)41-17-11-16-40(33-41)43-24-12-15-36-13-3-5-18-42(36)43/h3-34H,1-2H3. The van der Waals surface area contributed by atoms with Gasteiger partial charge in [-0.15, -0.1) is 0 Å². The van der Waals surface area contributed by atoms with Crippen molar-refractivity contribution in [1.29, 1.82) is 0 Å². The second-order valence-electron chi connectivity index (χ2n) is 15.6. The molecule has 0 heteroatoms. The van der Waals surface area contributed by atoms with Crippen LogP contribution in [0.4, 0.5) is 0 Å². The van der Waals surface area contributed by atoms with E-state index in [0.717, 1.165) is 0 Å². The zero-order valence-corrected chi connectivity index (χ0v) is 31.0. The fourth-order valence-corrected chi connectivity index (χ4v) is 9.68. The fourth-order valence-electron chi connectivity index (χ4n) is 9.68. The van der Waals surface area contributed by atoms with E-state index >= 15 is 0 Å². The van der Waals surface area contributed by atoms with E-state index in [1.807, 2.05) is 0 Å². The Labute approximate surface area is 322 Å². The van der Waals surface area contributed by atoms with Gasteiger partial charge in [-0.2, -0.15) is 0 Å². The molecule has 0 atom stereocenters. The monoisotopic (exact) mass is 698 g/mol. The Balaban J connectivity index is 1.02. The van der Waals surface area contributed by atoms with Crippen molar-refractivity contribution in [3.63, 3.8) is 0 Å². The average molecular weight is 699 g/mol. The Morgan fingerprint density at radius 3 is 1.47 bits per heavy atom. The Kier molecular flexibility index (Phi) is 7.00. The number of benzene rings is 10. The fraction of sp³-hybridized carbons (Fsp3) is 0.0545. The van der Waals surface area contributed by atoms with Gasteiger partial charge >= 0.3 is 0 Å². The van der Waals surface area contributed by atoms with Crippen molar-refractivity contribution in [2.24, 2.45) is 0 Å². The van der Waals surface area contributed by atoms with Crippen molar-refractivity contribution < 1.29 is 0 Å². The summed E-state index contributed by atoms with van der Waals surface area (Å²) in [6.07, 6.45) is 0. The first-order chi connectivity index (χ1) is 27.0. The van der Waals surface area contributed by atoms with Gasteiger partial charge in [0, 0.05) is 5.41 Å². The molecular formula is C55H38. The lowest BCUT2D eigenvalue weighted by atomic mass is 9.79. The topological polar surface area (TPSA) is 0 Å². The smallest absolute Gasteiger partial charge is 0.0165 e. The molecule has 10 aromatic rings. The maximum atomic E-state index is 2.44. The average Bonchev–Trinajstić information content (AvgIpc) is 3.48. The molecule has 0 amide bonds. The first kappa shape index (κ1) is 31.7. The molecule has 1 aliphatic rings. The molecular weight excluding hydrogens is 661 g/mol. The quantitative estimate of drug-likeness (QED) is 0.161. The van der Waals surface area contributed by atoms with E-state index in [2.05, 4.69) is 208 Å². The van der Waals surface area contributed by atoms with Crippen molar-refractivity contribution in [2.45, 2.75) is 19.3 Å². The van der Waals surface area contributed by atoms with Crippen LogP contribution < -0.4 is 0 Å². The highest BCUT2D eigenvalue weighted by atomic mass is 14.4. The maximum absolute atomic E-state index is 2.44. The Bertz CT molecular complexity index is 3100. The molecule has 0 nitrogen and oxygen atoms in total. The molecule has 0 aliphatic heterocycles. The van der Waals surface area contributed by atoms with Crippen LogP contribution in [0.15, 0.2) is 194 Å². The van der Waals surface area contributed by atoms with Crippen LogP contribution in [0.25, 0.3) is 98.7 Å². The van der Waals surface area contributed by atoms with E-state index in [1.54, 1.807) is 0 Å². The number of hydrogen-bond acceptors (Lipinski definition) is 0. The van der Waals surface area contributed by atoms with Gasteiger partial charge in [0.05, 0.1) is 0 Å². The highest BCUT2D eigenvalue weighted by Crippen LogP contribution is 2.52. The van der Waals surface area contributed by atoms with E-state index in [-0.39, 0.29) is 5.41 Å². The van der Waals surface area contributed by atoms with Gasteiger partial charge in [0.1, 0.15) is 0 Å². The van der Waals surface area contributed by atoms with Crippen LogP contribution in [0.1, 0.15) is 25.0 Å². The highest BCUT2D eigenvalue weighted by Gasteiger charge is 2.37. The van der Waals surface area contributed by atoms with Gasteiger partial charge in [0.2, 0.25) is 0 Å². The Hall–Kier alpha value is -6.76. The zero-order valence-electron chi connectivity index (χ0n) is 31.0. The molecule has 0 bridgehead atoms. The molecule has 0 spiro atoms. The molecule has 11 rings (SSSR count). The van der Waals surface area contributed by atoms with Crippen LogP contribution in [-0.2, 0) is 5.41 Å². The number of rotatable bonds is 4. The highest BCUT2D eigenvalue weighted by molar-refractivity contribution is 6.21. The predicted octanol–water partition coefficient (Wildman–Crippen LogP) is 15.3. The Morgan fingerprint density at radius 2 is 0.782 bits per heavy atom. The molecule has 0 fully saturated rings. The second-order valence-corrected chi connectivity index (χ2v) is 15.6. The van der Waals surface area contributed by atoms with Crippen molar-refractivity contribution in [2.75, 3.05) is 0 Å². The van der Waals surface area contributed by atoms with Crippen LogP contribution in [0.3, 0.4) is 0 Å². The molecule has 0 saturated heterocycles. The van der Waals surface area contributed by atoms with Crippen LogP contribution in [0.2, 0.25) is 0 Å². The minimum absolute atomic E-state index is 0.0878. The normalized spacial score (nSPS) is 13.1. The molecule has 0 aromatic heterocycles. The van der Waals surface area contributed by atoms with Crippen molar-refractivity contribution in [3.05, 3.63) is 205 Å². The largest absolute Gasteiger partial charge is 0.0616 e. The molecule has 258 valence electrons. The van der Waals surface area contributed by atoms with Crippen LogP contribution in [0, 0.1) is 0 Å². The molecule has 55 heavy (non-hydrogen) atoms. The Morgan fingerprint density at radius 1 is 0.291 bits per heavy atom. The predicted molar refractivity (Wildman–Crippen MR) is 236 cm³/mol. The van der Waals surface area contributed by atoms with Crippen molar-refractivity contribution in [1.82, 2.24) is 0 Å². The summed E-state index contributed by atoms with van der Waals surface area (Å²) in [7, 11) is 0. The first-order valence-electron chi connectivity index (χ1n) is 19.3. The summed E-state index contributed by atoms with van der Waals surface area (Å²) in [6, 6.07) is 72.1. The zero-order chi connectivity index (χ0) is 36.7. The van der Waals surface area contributed by atoms with E-state index < -0.39 is 0 Å². The van der Waals surface area contributed by atoms with Gasteiger partial charge in [0.15, 0.2) is 0 Å². The lowest BCUT2D eigenvalue weighted by Crippen LogP contribution is -2.15. The van der Waals surface area contributed by atoms with E-state index in [0.29, 0.717) is 0 Å². The maximum Gasteiger partial charge on any atom is 0.0165 e. The van der Waals surface area contributed by atoms with Gasteiger partial charge in [-0.05, 0) is 122 Å². The third-order valence-electron chi connectivity index (χ3n) is 12.2. The van der Waals surface area contributed by atoms with Gasteiger partial charge in [-0.1, -0.05) is 196 Å². The molecule has 0 N–H and O–H groups in total. The lowest BCUT2D eigenvalue weighted by Gasteiger charge is -2.23. The molecule has 10 aromatic carbocycles. The summed E-state index contributed by atoms with van der Waals surface area (Å²) >= 11 is 0. The first-order valence-corrected chi connectivity index (χ1v) is 19.3. The summed E-state index contributed by atoms with van der Waals surface area (Å²) in [5.74, 6) is 0. The number of hydrogen-bond donors (Lipinski definition) is 0. The lowest BCUT2D eigenvalue weighted by molar-refractivity contribution is 0.666. The second kappa shape index (κ2) is 12.1. The van der Waals surface area contributed by atoms with Crippen LogP contribution in [0.5, 0.6) is 0 Å².